The first-order valence-corrected chi connectivity index (χ1v) is 12.3. The molecule has 0 aromatic heterocycles. The van der Waals surface area contributed by atoms with Gasteiger partial charge in [-0.25, -0.2) is 48.3 Å². The fourth-order valence-corrected chi connectivity index (χ4v) is 4.84. The van der Waals surface area contributed by atoms with E-state index in [0.717, 1.165) is 24.3 Å². The van der Waals surface area contributed by atoms with Gasteiger partial charge in [0, 0.05) is 16.2 Å². The summed E-state index contributed by atoms with van der Waals surface area (Å²) in [4.78, 5) is 0. The zero-order valence-corrected chi connectivity index (χ0v) is 21.3. The lowest BCUT2D eigenvalue weighted by Crippen LogP contribution is -2.43. The number of hydrogen-bond acceptors (Lipinski definition) is 2. The summed E-state index contributed by atoms with van der Waals surface area (Å²) in [6.07, 6.45) is 0. The Balaban J connectivity index is 1.61. The molecule has 0 aliphatic heterocycles. The monoisotopic (exact) mass is 622 g/mol. The third kappa shape index (κ3) is 4.52. The molecule has 0 N–H and O–H groups in total. The van der Waals surface area contributed by atoms with Gasteiger partial charge in [-0.3, -0.25) is 0 Å². The maximum atomic E-state index is 14.7. The van der Waals surface area contributed by atoms with Crippen LogP contribution in [-0.2, 0) is 0 Å². The molecule has 0 bridgehead atoms. The molecule has 0 fully saturated rings. The summed E-state index contributed by atoms with van der Waals surface area (Å²) in [5.74, 6) is -19.5. The maximum Gasteiger partial charge on any atom is 0.633 e. The van der Waals surface area contributed by atoms with Crippen molar-refractivity contribution in [2.45, 2.75) is 0 Å². The summed E-state index contributed by atoms with van der Waals surface area (Å²) in [6.45, 7) is 0. The Morgan fingerprint density at radius 1 is 0.364 bits per heavy atom. The van der Waals surface area contributed by atoms with E-state index in [4.69, 9.17) is 9.31 Å². The molecular formula is C30H10BF11O2. The third-order valence-electron chi connectivity index (χ3n) is 6.87. The van der Waals surface area contributed by atoms with Gasteiger partial charge in [-0.2, -0.15) is 0 Å². The number of fused-ring (bicyclic) bond motifs is 3. The van der Waals surface area contributed by atoms with Gasteiger partial charge in [0.05, 0.1) is 16.2 Å². The van der Waals surface area contributed by atoms with Crippen molar-refractivity contribution in [1.29, 1.82) is 0 Å². The maximum absolute atomic E-state index is 14.7. The summed E-state index contributed by atoms with van der Waals surface area (Å²) in [6, 6.07) is 6.88. The molecule has 0 aliphatic rings. The molecule has 0 heterocycles. The Labute approximate surface area is 239 Å². The van der Waals surface area contributed by atoms with E-state index in [9.17, 15) is 48.3 Å². The van der Waals surface area contributed by atoms with Crippen molar-refractivity contribution in [3.63, 3.8) is 0 Å². The fraction of sp³-hybridized carbons (Fsp3) is 0. The molecule has 0 amide bonds. The van der Waals surface area contributed by atoms with Gasteiger partial charge in [-0.1, -0.05) is 12.1 Å². The quantitative estimate of drug-likeness (QED) is 0.109. The second-order valence-corrected chi connectivity index (χ2v) is 9.40. The highest BCUT2D eigenvalue weighted by Gasteiger charge is 2.33. The van der Waals surface area contributed by atoms with E-state index >= 15 is 0 Å². The van der Waals surface area contributed by atoms with Crippen LogP contribution in [0.15, 0.2) is 60.7 Å². The topological polar surface area (TPSA) is 18.5 Å². The Morgan fingerprint density at radius 2 is 0.773 bits per heavy atom. The predicted octanol–water partition coefficient (Wildman–Crippen LogP) is 8.53. The average molecular weight is 622 g/mol. The first kappa shape index (κ1) is 29.1. The van der Waals surface area contributed by atoms with E-state index in [1.165, 1.54) is 0 Å². The van der Waals surface area contributed by atoms with E-state index in [-0.39, 0.29) is 5.46 Å². The summed E-state index contributed by atoms with van der Waals surface area (Å²) >= 11 is 0. The van der Waals surface area contributed by atoms with Gasteiger partial charge in [0.25, 0.3) is 0 Å². The summed E-state index contributed by atoms with van der Waals surface area (Å²) in [5, 5.41) is -4.75. The Morgan fingerprint density at radius 3 is 1.25 bits per heavy atom. The molecule has 44 heavy (non-hydrogen) atoms. The van der Waals surface area contributed by atoms with Gasteiger partial charge in [0.15, 0.2) is 46.5 Å². The summed E-state index contributed by atoms with van der Waals surface area (Å²) < 4.78 is 169. The van der Waals surface area contributed by atoms with Crippen molar-refractivity contribution in [2.24, 2.45) is 0 Å². The standard InChI is InChI=1S/C30H10BF11O2/c32-15-4-2-14(11-1-3-18(35)26(38)23(11)15)31(43-21-7-5-16(33)24-12(21)9-19(36)27(39)29(24)41)44-22-8-6-17(34)25-13(22)10-20(37)28(40)30(25)42/h1-10H. The molecule has 0 saturated heterocycles. The molecule has 0 aliphatic carbocycles. The van der Waals surface area contributed by atoms with Crippen molar-refractivity contribution in [3.05, 3.63) is 125 Å². The summed E-state index contributed by atoms with van der Waals surface area (Å²) in [5.41, 5.74) is -0.332. The molecule has 6 rings (SSSR count). The number of hydrogen-bond donors (Lipinski definition) is 0. The minimum absolute atomic E-state index is 0.332. The van der Waals surface area contributed by atoms with Gasteiger partial charge in [-0.15, -0.1) is 0 Å². The molecule has 6 aromatic carbocycles. The van der Waals surface area contributed by atoms with Crippen LogP contribution in [0.1, 0.15) is 0 Å². The summed E-state index contributed by atoms with van der Waals surface area (Å²) in [7, 11) is -2.04. The van der Waals surface area contributed by atoms with Crippen LogP contribution in [0.2, 0.25) is 0 Å². The average Bonchev–Trinajstić information content (AvgIpc) is 2.98. The first-order chi connectivity index (χ1) is 20.9. The van der Waals surface area contributed by atoms with Crippen LogP contribution in [0.5, 0.6) is 11.5 Å². The number of rotatable bonds is 5. The molecule has 6 aromatic rings. The van der Waals surface area contributed by atoms with E-state index in [1.54, 1.807) is 0 Å². The Bertz CT molecular complexity index is 2070. The van der Waals surface area contributed by atoms with Crippen LogP contribution in [0.3, 0.4) is 0 Å². The predicted molar refractivity (Wildman–Crippen MR) is 138 cm³/mol. The van der Waals surface area contributed by atoms with Crippen LogP contribution in [-0.4, -0.2) is 7.12 Å². The van der Waals surface area contributed by atoms with Crippen LogP contribution >= 0.6 is 0 Å². The molecule has 2 nitrogen and oxygen atoms in total. The highest BCUT2D eigenvalue weighted by Crippen LogP contribution is 2.36. The SMILES string of the molecule is Fc1cc2c(OB(Oc3ccc(F)c4c(F)c(F)c(F)cc34)c3ccc(F)c4c(F)c(F)ccc34)ccc(F)c2c(F)c1F. The van der Waals surface area contributed by atoms with Crippen molar-refractivity contribution in [1.82, 2.24) is 0 Å². The zero-order valence-electron chi connectivity index (χ0n) is 21.3. The lowest BCUT2D eigenvalue weighted by molar-refractivity contribution is 0.437. The van der Waals surface area contributed by atoms with Crippen LogP contribution in [0, 0.1) is 64.0 Å². The van der Waals surface area contributed by atoms with Crippen molar-refractivity contribution >= 4 is 44.9 Å². The largest absolute Gasteiger partial charge is 0.633 e. The molecule has 0 spiro atoms. The van der Waals surface area contributed by atoms with E-state index in [2.05, 4.69) is 0 Å². The third-order valence-corrected chi connectivity index (χ3v) is 6.87. The van der Waals surface area contributed by atoms with Crippen LogP contribution in [0.4, 0.5) is 48.3 Å². The number of benzene rings is 6. The van der Waals surface area contributed by atoms with E-state index < -0.39 is 115 Å². The van der Waals surface area contributed by atoms with E-state index in [1.807, 2.05) is 0 Å². The smallest absolute Gasteiger partial charge is 0.521 e. The first-order valence-electron chi connectivity index (χ1n) is 12.3. The van der Waals surface area contributed by atoms with Gasteiger partial charge in [0.2, 0.25) is 0 Å². The molecule has 222 valence electrons. The minimum Gasteiger partial charge on any atom is -0.521 e. The number of halogens is 11. The van der Waals surface area contributed by atoms with Crippen molar-refractivity contribution < 1.29 is 57.6 Å². The molecule has 0 radical (unpaired) electrons. The highest BCUT2D eigenvalue weighted by atomic mass is 19.2. The van der Waals surface area contributed by atoms with E-state index in [0.29, 0.717) is 36.4 Å². The van der Waals surface area contributed by atoms with Crippen LogP contribution < -0.4 is 14.8 Å². The molecule has 0 unspecified atom stereocenters. The van der Waals surface area contributed by atoms with Gasteiger partial charge < -0.3 is 9.31 Å². The molecule has 0 atom stereocenters. The van der Waals surface area contributed by atoms with Crippen molar-refractivity contribution in [3.8, 4) is 11.5 Å². The molecule has 0 saturated carbocycles. The van der Waals surface area contributed by atoms with Crippen molar-refractivity contribution in [2.75, 3.05) is 0 Å². The minimum atomic E-state index is -2.04. The second kappa shape index (κ2) is 10.6. The lowest BCUT2D eigenvalue weighted by Gasteiger charge is -2.21. The van der Waals surface area contributed by atoms with Gasteiger partial charge >= 0.3 is 7.12 Å². The van der Waals surface area contributed by atoms with Gasteiger partial charge in [-0.05, 0) is 53.9 Å². The molecule has 14 heteroatoms. The Kier molecular flexibility index (Phi) is 7.02. The van der Waals surface area contributed by atoms with Gasteiger partial charge in [0.1, 0.15) is 29.0 Å². The normalized spacial score (nSPS) is 11.5. The Hall–Kier alpha value is -5.01. The van der Waals surface area contributed by atoms with Crippen LogP contribution in [0.25, 0.3) is 32.3 Å². The molecular weight excluding hydrogens is 612 g/mol. The lowest BCUT2D eigenvalue weighted by atomic mass is 9.75. The fourth-order valence-electron chi connectivity index (χ4n) is 4.84. The zero-order chi connectivity index (χ0) is 31.6. The highest BCUT2D eigenvalue weighted by molar-refractivity contribution is 6.66. The second-order valence-electron chi connectivity index (χ2n) is 9.40.